The van der Waals surface area contributed by atoms with Gasteiger partial charge in [-0.2, -0.15) is 0 Å². The molecule has 0 amide bonds. The summed E-state index contributed by atoms with van der Waals surface area (Å²) in [6.45, 7) is 13.5. The van der Waals surface area contributed by atoms with E-state index < -0.39 is 0 Å². The first-order valence-corrected chi connectivity index (χ1v) is 8.90. The first-order valence-electron chi connectivity index (χ1n) is 8.90. The van der Waals surface area contributed by atoms with Crippen LogP contribution < -0.4 is 10.6 Å². The molecule has 0 aromatic heterocycles. The lowest BCUT2D eigenvalue weighted by atomic mass is 9.84. The third-order valence-electron chi connectivity index (χ3n) is 4.99. The van der Waals surface area contributed by atoms with Gasteiger partial charge in [-0.25, -0.2) is 0 Å². The van der Waals surface area contributed by atoms with Crippen molar-refractivity contribution < 1.29 is 0 Å². The molecule has 22 heavy (non-hydrogen) atoms. The zero-order valence-corrected chi connectivity index (χ0v) is 15.1. The van der Waals surface area contributed by atoms with E-state index in [2.05, 4.69) is 70.4 Å². The molecule has 1 aromatic rings. The zero-order chi connectivity index (χ0) is 16.3. The average Bonchev–Trinajstić information content (AvgIpc) is 2.53. The van der Waals surface area contributed by atoms with Crippen LogP contribution in [0.2, 0.25) is 0 Å². The molecule has 0 radical (unpaired) electrons. The van der Waals surface area contributed by atoms with Gasteiger partial charge in [0.2, 0.25) is 0 Å². The lowest BCUT2D eigenvalue weighted by Crippen LogP contribution is -2.35. The maximum Gasteiger partial charge on any atom is 0.0531 e. The summed E-state index contributed by atoms with van der Waals surface area (Å²) >= 11 is 0. The number of hydrogen-bond acceptors (Lipinski definition) is 2. The summed E-state index contributed by atoms with van der Waals surface area (Å²) in [7, 11) is 0. The van der Waals surface area contributed by atoms with Gasteiger partial charge in [-0.3, -0.25) is 0 Å². The predicted octanol–water partition coefficient (Wildman–Crippen LogP) is 5.85. The van der Waals surface area contributed by atoms with Crippen LogP contribution in [0, 0.1) is 0 Å². The molecule has 2 N–H and O–H groups in total. The Morgan fingerprint density at radius 2 is 1.86 bits per heavy atom. The van der Waals surface area contributed by atoms with Crippen LogP contribution in [0.4, 0.5) is 11.4 Å². The Morgan fingerprint density at radius 1 is 1.14 bits per heavy atom. The fourth-order valence-corrected chi connectivity index (χ4v) is 3.12. The van der Waals surface area contributed by atoms with Crippen LogP contribution in [-0.2, 0) is 6.42 Å². The smallest absolute Gasteiger partial charge is 0.0531 e. The molecule has 2 rings (SSSR count). The van der Waals surface area contributed by atoms with Crippen LogP contribution >= 0.6 is 0 Å². The highest BCUT2D eigenvalue weighted by molar-refractivity contribution is 5.85. The molecule has 2 unspecified atom stereocenters. The molecule has 0 fully saturated rings. The number of aryl methyl sites for hydroxylation is 1. The van der Waals surface area contributed by atoms with Crippen molar-refractivity contribution in [1.29, 1.82) is 0 Å². The molecule has 1 aromatic carbocycles. The normalized spacial score (nSPS) is 21.6. The van der Waals surface area contributed by atoms with E-state index in [-0.39, 0.29) is 5.54 Å². The third kappa shape index (κ3) is 3.31. The summed E-state index contributed by atoms with van der Waals surface area (Å²) in [5.41, 5.74) is 6.96. The van der Waals surface area contributed by atoms with E-state index in [4.69, 9.17) is 0 Å². The summed E-state index contributed by atoms with van der Waals surface area (Å²) < 4.78 is 0. The standard InChI is InChI=1S/C20H32N2/c1-7-14(5)21-17-11-15(8-2)19-18(12-17)16(9-3)13-20(6,10-4)22-19/h11-14,21-22H,7-10H2,1-6H3. The summed E-state index contributed by atoms with van der Waals surface area (Å²) in [6, 6.07) is 5.17. The van der Waals surface area contributed by atoms with Crippen LogP contribution in [0.15, 0.2) is 18.2 Å². The maximum absolute atomic E-state index is 3.80. The van der Waals surface area contributed by atoms with Crippen molar-refractivity contribution in [1.82, 2.24) is 0 Å². The fraction of sp³-hybridized carbons (Fsp3) is 0.600. The van der Waals surface area contributed by atoms with Crippen LogP contribution in [0.3, 0.4) is 0 Å². The average molecular weight is 300 g/mol. The minimum Gasteiger partial charge on any atom is -0.383 e. The van der Waals surface area contributed by atoms with E-state index in [1.54, 1.807) is 0 Å². The molecule has 2 atom stereocenters. The van der Waals surface area contributed by atoms with Gasteiger partial charge >= 0.3 is 0 Å². The highest BCUT2D eigenvalue weighted by Gasteiger charge is 2.28. The van der Waals surface area contributed by atoms with Gasteiger partial charge in [-0.1, -0.05) is 33.8 Å². The fourth-order valence-electron chi connectivity index (χ4n) is 3.12. The van der Waals surface area contributed by atoms with Crippen LogP contribution in [0.25, 0.3) is 5.57 Å². The van der Waals surface area contributed by atoms with Crippen molar-refractivity contribution in [2.45, 2.75) is 78.8 Å². The van der Waals surface area contributed by atoms with E-state index in [1.807, 2.05) is 0 Å². The molecule has 1 aliphatic heterocycles. The first-order chi connectivity index (χ1) is 10.5. The molecule has 1 aliphatic rings. The van der Waals surface area contributed by atoms with E-state index in [0.29, 0.717) is 6.04 Å². The second-order valence-corrected chi connectivity index (χ2v) is 6.78. The third-order valence-corrected chi connectivity index (χ3v) is 4.99. The quantitative estimate of drug-likeness (QED) is 0.689. The summed E-state index contributed by atoms with van der Waals surface area (Å²) in [5, 5.41) is 7.44. The molecule has 122 valence electrons. The van der Waals surface area contributed by atoms with Crippen molar-refractivity contribution >= 4 is 16.9 Å². The van der Waals surface area contributed by atoms with Gasteiger partial charge in [-0.15, -0.1) is 0 Å². The summed E-state index contributed by atoms with van der Waals surface area (Å²) in [4.78, 5) is 0. The van der Waals surface area contributed by atoms with Gasteiger partial charge in [0.25, 0.3) is 0 Å². The van der Waals surface area contributed by atoms with Crippen molar-refractivity contribution in [3.8, 4) is 0 Å². The first kappa shape index (κ1) is 16.9. The molecule has 0 saturated carbocycles. The summed E-state index contributed by atoms with van der Waals surface area (Å²) in [5.74, 6) is 0. The topological polar surface area (TPSA) is 24.1 Å². The van der Waals surface area contributed by atoms with E-state index >= 15 is 0 Å². The Balaban J connectivity index is 2.51. The van der Waals surface area contributed by atoms with Crippen molar-refractivity contribution in [3.63, 3.8) is 0 Å². The SMILES string of the molecule is CCC1=CC(C)(CC)Nc2c(CC)cc(NC(C)CC)cc21. The number of allylic oxidation sites excluding steroid dienone is 1. The number of fused-ring (bicyclic) bond motifs is 1. The minimum absolute atomic E-state index is 0.0773. The van der Waals surface area contributed by atoms with Crippen molar-refractivity contribution in [3.05, 3.63) is 29.3 Å². The van der Waals surface area contributed by atoms with Crippen molar-refractivity contribution in [2.24, 2.45) is 0 Å². The lowest BCUT2D eigenvalue weighted by Gasteiger charge is -2.36. The predicted molar refractivity (Wildman–Crippen MR) is 99.8 cm³/mol. The molecule has 0 bridgehead atoms. The Bertz CT molecular complexity index is 559. The molecule has 0 aliphatic carbocycles. The Morgan fingerprint density at radius 3 is 2.41 bits per heavy atom. The van der Waals surface area contributed by atoms with Crippen molar-refractivity contribution in [2.75, 3.05) is 10.6 Å². The molecule has 2 heteroatoms. The van der Waals surface area contributed by atoms with Gasteiger partial charge in [-0.05, 0) is 62.8 Å². The number of hydrogen-bond donors (Lipinski definition) is 2. The van der Waals surface area contributed by atoms with Gasteiger partial charge in [0, 0.05) is 23.0 Å². The second kappa shape index (κ2) is 6.76. The molecular formula is C20H32N2. The Kier molecular flexibility index (Phi) is 5.20. The molecule has 1 heterocycles. The van der Waals surface area contributed by atoms with Gasteiger partial charge < -0.3 is 10.6 Å². The maximum atomic E-state index is 3.80. The number of nitrogens with one attached hydrogen (secondary N) is 2. The van der Waals surface area contributed by atoms with Gasteiger partial charge in [0.1, 0.15) is 0 Å². The number of anilines is 2. The Labute approximate surface area is 136 Å². The monoisotopic (exact) mass is 300 g/mol. The number of benzene rings is 1. The molecule has 2 nitrogen and oxygen atoms in total. The van der Waals surface area contributed by atoms with E-state index in [0.717, 1.165) is 25.7 Å². The number of rotatable bonds is 6. The van der Waals surface area contributed by atoms with Gasteiger partial charge in [0.15, 0.2) is 0 Å². The van der Waals surface area contributed by atoms with Gasteiger partial charge in [0.05, 0.1) is 5.54 Å². The zero-order valence-electron chi connectivity index (χ0n) is 15.1. The second-order valence-electron chi connectivity index (χ2n) is 6.78. The Hall–Kier alpha value is -1.44. The van der Waals surface area contributed by atoms with Crippen LogP contribution in [0.1, 0.15) is 71.9 Å². The highest BCUT2D eigenvalue weighted by atomic mass is 15.0. The van der Waals surface area contributed by atoms with Crippen LogP contribution in [0.5, 0.6) is 0 Å². The highest BCUT2D eigenvalue weighted by Crippen LogP contribution is 2.40. The van der Waals surface area contributed by atoms with Crippen LogP contribution in [-0.4, -0.2) is 11.6 Å². The molecule has 0 saturated heterocycles. The minimum atomic E-state index is 0.0773. The molecule has 0 spiro atoms. The summed E-state index contributed by atoms with van der Waals surface area (Å²) in [6.07, 6.45) is 6.82. The lowest BCUT2D eigenvalue weighted by molar-refractivity contribution is 0.606. The molecular weight excluding hydrogens is 268 g/mol. The van der Waals surface area contributed by atoms with E-state index in [9.17, 15) is 0 Å². The largest absolute Gasteiger partial charge is 0.383 e. The van der Waals surface area contributed by atoms with E-state index in [1.165, 1.54) is 28.1 Å².